The van der Waals surface area contributed by atoms with Crippen molar-refractivity contribution < 1.29 is 0 Å². The van der Waals surface area contributed by atoms with Gasteiger partial charge in [-0.1, -0.05) is 24.3 Å². The Morgan fingerprint density at radius 1 is 0.938 bits per heavy atom. The first-order valence-corrected chi connectivity index (χ1v) is 6.97. The quantitative estimate of drug-likeness (QED) is 0.561. The Balaban J connectivity index is 2.65. The van der Waals surface area contributed by atoms with Crippen LogP contribution in [0.25, 0.3) is 21.8 Å². The minimum Gasteiger partial charge on any atom is -0.332 e. The zero-order chi connectivity index (χ0) is 11.3. The molecule has 0 aliphatic heterocycles. The number of aromatic amines is 1. The lowest BCUT2D eigenvalue weighted by molar-refractivity contribution is 1.26. The van der Waals surface area contributed by atoms with E-state index in [4.69, 9.17) is 0 Å². The van der Waals surface area contributed by atoms with Crippen LogP contribution in [0.15, 0.2) is 37.9 Å². The number of nitrogens with one attached hydrogen (secondary N) is 1. The Kier molecular flexibility index (Phi) is 2.57. The van der Waals surface area contributed by atoms with Gasteiger partial charge in [0.25, 0.3) is 0 Å². The van der Waals surface area contributed by atoms with Gasteiger partial charge in [-0.15, -0.1) is 0 Å². The Bertz CT molecular complexity index is 645. The smallest absolute Gasteiger partial charge is 0.175 e. The van der Waals surface area contributed by atoms with Crippen LogP contribution in [0.5, 0.6) is 0 Å². The Labute approximate surface area is 117 Å². The molecule has 0 unspecified atom stereocenters. The van der Waals surface area contributed by atoms with Crippen molar-refractivity contribution >= 4 is 69.6 Å². The van der Waals surface area contributed by atoms with Gasteiger partial charge >= 0.3 is 0 Å². The van der Waals surface area contributed by atoms with Gasteiger partial charge in [-0.3, -0.25) is 0 Å². The monoisotopic (exact) mass is 402 g/mol. The summed E-state index contributed by atoms with van der Waals surface area (Å²) in [6, 6.07) is 8.20. The number of nitrogens with zero attached hydrogens (tertiary/aromatic N) is 1. The predicted octanol–water partition coefficient (Wildman–Crippen LogP) is 5.00. The second-order valence-corrected chi connectivity index (χ2v) is 5.76. The third-order valence-electron chi connectivity index (χ3n) is 2.50. The standard InChI is InChI=1S/C11H5Br3N2/c12-7-5-3-1-2-4-6(5)8(13)10-9(7)15-11(14)16-10/h1-4H,(H,15,16). The van der Waals surface area contributed by atoms with Gasteiger partial charge in [0.05, 0.1) is 14.5 Å². The molecule has 0 aliphatic rings. The van der Waals surface area contributed by atoms with Crippen molar-refractivity contribution in [3.05, 3.63) is 37.9 Å². The largest absolute Gasteiger partial charge is 0.332 e. The Morgan fingerprint density at radius 3 is 2.25 bits per heavy atom. The van der Waals surface area contributed by atoms with E-state index in [1.54, 1.807) is 0 Å². The second kappa shape index (κ2) is 3.82. The first-order chi connectivity index (χ1) is 7.68. The van der Waals surface area contributed by atoms with Gasteiger partial charge in [-0.2, -0.15) is 0 Å². The molecule has 0 saturated carbocycles. The first kappa shape index (κ1) is 10.7. The highest BCUT2D eigenvalue weighted by molar-refractivity contribution is 9.11. The van der Waals surface area contributed by atoms with Crippen LogP contribution in [-0.2, 0) is 0 Å². The van der Waals surface area contributed by atoms with E-state index in [0.29, 0.717) is 0 Å². The van der Waals surface area contributed by atoms with E-state index in [0.717, 1.165) is 35.5 Å². The molecule has 0 aliphatic carbocycles. The van der Waals surface area contributed by atoms with Crippen LogP contribution in [0, 0.1) is 0 Å². The van der Waals surface area contributed by atoms with Gasteiger partial charge in [0, 0.05) is 0 Å². The highest BCUT2D eigenvalue weighted by Gasteiger charge is 2.13. The highest BCUT2D eigenvalue weighted by Crippen LogP contribution is 2.38. The molecule has 16 heavy (non-hydrogen) atoms. The molecule has 2 nitrogen and oxygen atoms in total. The number of fused-ring (bicyclic) bond motifs is 2. The fourth-order valence-electron chi connectivity index (χ4n) is 1.79. The third kappa shape index (κ3) is 1.45. The van der Waals surface area contributed by atoms with Crippen molar-refractivity contribution in [1.82, 2.24) is 9.97 Å². The lowest BCUT2D eigenvalue weighted by Gasteiger charge is -2.04. The second-order valence-electron chi connectivity index (χ2n) is 3.42. The molecule has 0 spiro atoms. The lowest BCUT2D eigenvalue weighted by Crippen LogP contribution is -1.80. The van der Waals surface area contributed by atoms with Gasteiger partial charge in [0.2, 0.25) is 0 Å². The van der Waals surface area contributed by atoms with E-state index < -0.39 is 0 Å². The number of H-pyrrole nitrogens is 1. The summed E-state index contributed by atoms with van der Waals surface area (Å²) in [5.74, 6) is 0. The summed E-state index contributed by atoms with van der Waals surface area (Å²) in [5, 5.41) is 2.32. The van der Waals surface area contributed by atoms with Crippen molar-refractivity contribution in [1.29, 1.82) is 0 Å². The van der Waals surface area contributed by atoms with Gasteiger partial charge in [-0.05, 0) is 58.6 Å². The molecule has 0 bridgehead atoms. The third-order valence-corrected chi connectivity index (χ3v) is 4.50. The molecule has 0 fully saturated rings. The summed E-state index contributed by atoms with van der Waals surface area (Å²) in [7, 11) is 0. The minimum absolute atomic E-state index is 0.735. The summed E-state index contributed by atoms with van der Waals surface area (Å²) >= 11 is 10.6. The predicted molar refractivity (Wildman–Crippen MR) is 76.7 cm³/mol. The van der Waals surface area contributed by atoms with Crippen LogP contribution in [0.1, 0.15) is 0 Å². The zero-order valence-corrected chi connectivity index (χ0v) is 12.6. The van der Waals surface area contributed by atoms with E-state index in [1.807, 2.05) is 12.1 Å². The number of hydrogen-bond donors (Lipinski definition) is 1. The van der Waals surface area contributed by atoms with Crippen molar-refractivity contribution in [2.75, 3.05) is 0 Å². The maximum atomic E-state index is 4.41. The maximum absolute atomic E-state index is 4.41. The van der Waals surface area contributed by atoms with Crippen molar-refractivity contribution in [3.8, 4) is 0 Å². The van der Waals surface area contributed by atoms with Gasteiger partial charge in [0.1, 0.15) is 5.52 Å². The Morgan fingerprint density at radius 2 is 1.56 bits per heavy atom. The average molecular weight is 405 g/mol. The summed E-state index contributed by atoms with van der Waals surface area (Å²) in [6.07, 6.45) is 0. The van der Waals surface area contributed by atoms with Crippen LogP contribution in [-0.4, -0.2) is 9.97 Å². The van der Waals surface area contributed by atoms with Gasteiger partial charge in [-0.25, -0.2) is 4.98 Å². The molecule has 3 aromatic rings. The number of imidazole rings is 1. The van der Waals surface area contributed by atoms with Crippen LogP contribution < -0.4 is 0 Å². The average Bonchev–Trinajstić information content (AvgIpc) is 2.68. The molecule has 1 heterocycles. The zero-order valence-electron chi connectivity index (χ0n) is 7.89. The van der Waals surface area contributed by atoms with Gasteiger partial charge < -0.3 is 4.98 Å². The molecule has 0 radical (unpaired) electrons. The molecule has 0 atom stereocenters. The van der Waals surface area contributed by atoms with Gasteiger partial charge in [0.15, 0.2) is 4.73 Å². The Hall–Kier alpha value is -0.390. The molecule has 2 aromatic carbocycles. The first-order valence-electron chi connectivity index (χ1n) is 4.59. The van der Waals surface area contributed by atoms with Crippen molar-refractivity contribution in [2.24, 2.45) is 0 Å². The van der Waals surface area contributed by atoms with Crippen LogP contribution >= 0.6 is 47.8 Å². The summed E-state index contributed by atoms with van der Waals surface area (Å²) in [5.41, 5.74) is 1.93. The van der Waals surface area contributed by atoms with E-state index in [1.165, 1.54) is 0 Å². The fourth-order valence-corrected chi connectivity index (χ4v) is 3.43. The molecular weight excluding hydrogens is 400 g/mol. The van der Waals surface area contributed by atoms with Crippen LogP contribution in [0.4, 0.5) is 0 Å². The van der Waals surface area contributed by atoms with E-state index in [-0.39, 0.29) is 0 Å². The normalized spacial score (nSPS) is 11.4. The maximum Gasteiger partial charge on any atom is 0.175 e. The number of aromatic nitrogens is 2. The van der Waals surface area contributed by atoms with E-state index >= 15 is 0 Å². The summed E-state index contributed by atoms with van der Waals surface area (Å²) in [6.45, 7) is 0. The topological polar surface area (TPSA) is 28.7 Å². The summed E-state index contributed by atoms with van der Waals surface area (Å²) in [4.78, 5) is 7.60. The van der Waals surface area contributed by atoms with Crippen LogP contribution in [0.3, 0.4) is 0 Å². The summed E-state index contributed by atoms with van der Waals surface area (Å²) < 4.78 is 2.79. The molecule has 0 saturated heterocycles. The molecule has 1 aromatic heterocycles. The number of rotatable bonds is 0. The molecule has 3 rings (SSSR count). The number of halogens is 3. The SMILES string of the molecule is Brc1nc2c(Br)c3ccccc3c(Br)c2[nH]1. The van der Waals surface area contributed by atoms with E-state index in [2.05, 4.69) is 69.9 Å². The van der Waals surface area contributed by atoms with E-state index in [9.17, 15) is 0 Å². The lowest BCUT2D eigenvalue weighted by atomic mass is 10.1. The minimum atomic E-state index is 0.735. The number of hydrogen-bond acceptors (Lipinski definition) is 1. The molecule has 1 N–H and O–H groups in total. The molecule has 0 amide bonds. The molecule has 5 heteroatoms. The van der Waals surface area contributed by atoms with Crippen molar-refractivity contribution in [2.45, 2.75) is 0 Å². The van der Waals surface area contributed by atoms with Crippen LogP contribution in [0.2, 0.25) is 0 Å². The fraction of sp³-hybridized carbons (Fsp3) is 0. The number of benzene rings is 2. The molecule has 80 valence electrons. The highest BCUT2D eigenvalue weighted by atomic mass is 79.9. The molecular formula is C11H5Br3N2. The van der Waals surface area contributed by atoms with Crippen molar-refractivity contribution in [3.63, 3.8) is 0 Å².